The van der Waals surface area contributed by atoms with E-state index in [1.807, 2.05) is 52.0 Å². The van der Waals surface area contributed by atoms with Gasteiger partial charge in [-0.05, 0) is 76.6 Å². The Morgan fingerprint density at radius 1 is 0.603 bits per heavy atom. The Kier molecular flexibility index (Phi) is 22.1. The predicted octanol–water partition coefficient (Wildman–Crippen LogP) is 3.25. The van der Waals surface area contributed by atoms with Gasteiger partial charge < -0.3 is 55.3 Å². The molecule has 4 aromatic rings. The van der Waals surface area contributed by atoms with Crippen molar-refractivity contribution >= 4 is 44.7 Å². The van der Waals surface area contributed by atoms with E-state index in [0.717, 1.165) is 69.4 Å². The molecule has 312 valence electrons. The van der Waals surface area contributed by atoms with Crippen molar-refractivity contribution in [2.75, 3.05) is 28.4 Å². The number of pyridine rings is 2. The molecule has 0 saturated heterocycles. The van der Waals surface area contributed by atoms with E-state index in [1.54, 1.807) is 40.8 Å². The molecule has 0 amide bonds. The molecular weight excluding hydrogens is 797 g/mol. The van der Waals surface area contributed by atoms with Crippen molar-refractivity contribution in [2.24, 2.45) is 11.8 Å². The van der Waals surface area contributed by atoms with Crippen molar-refractivity contribution in [3.8, 4) is 23.3 Å². The summed E-state index contributed by atoms with van der Waals surface area (Å²) in [4.78, 5) is 26.5. The van der Waals surface area contributed by atoms with Gasteiger partial charge in [-0.25, -0.2) is 0 Å². The maximum absolute atomic E-state index is 12.8. The van der Waals surface area contributed by atoms with E-state index in [9.17, 15) is 8.42 Å². The van der Waals surface area contributed by atoms with Gasteiger partial charge in [0.2, 0.25) is 0 Å². The molecule has 15 nitrogen and oxygen atoms in total. The molecule has 0 saturated carbocycles. The summed E-state index contributed by atoms with van der Waals surface area (Å²) in [7, 11) is 3.56. The van der Waals surface area contributed by atoms with Crippen molar-refractivity contribution in [3.63, 3.8) is 0 Å². The molecule has 4 atom stereocenters. The molecule has 0 spiro atoms. The van der Waals surface area contributed by atoms with Crippen LogP contribution in [0.4, 0.5) is 0 Å². The number of rotatable bonds is 14. The molecule has 4 heterocycles. The van der Waals surface area contributed by atoms with Crippen molar-refractivity contribution in [1.82, 2.24) is 29.9 Å². The molecule has 2 unspecified atom stereocenters. The average molecular weight is 851 g/mol. The number of nitrogens with zero attached hydrogens (tertiary/aromatic N) is 6. The minimum Gasteiger partial charge on any atom is -0.500 e. The Labute approximate surface area is 361 Å². The molecule has 2 aliphatic rings. The monoisotopic (exact) mass is 850 g/mol. The van der Waals surface area contributed by atoms with E-state index in [4.69, 9.17) is 18.9 Å². The summed E-state index contributed by atoms with van der Waals surface area (Å²) in [5.41, 5.74) is 6.63. The van der Waals surface area contributed by atoms with Crippen LogP contribution in [0.25, 0.3) is 0 Å². The van der Waals surface area contributed by atoms with Gasteiger partial charge in [0.05, 0.1) is 72.9 Å². The fourth-order valence-electron chi connectivity index (χ4n) is 6.35. The van der Waals surface area contributed by atoms with E-state index in [2.05, 4.69) is 54.2 Å². The Bertz CT molecular complexity index is 1970. The van der Waals surface area contributed by atoms with Gasteiger partial charge in [-0.3, -0.25) is 18.4 Å². The fourth-order valence-corrected chi connectivity index (χ4v) is 8.48. The summed E-state index contributed by atoms with van der Waals surface area (Å²) in [6, 6.07) is 0. The summed E-state index contributed by atoms with van der Waals surface area (Å²) in [5, 5.41) is 0.579. The molecule has 0 radical (unpaired) electrons. The minimum atomic E-state index is -1.41. The Morgan fingerprint density at radius 2 is 0.983 bits per heavy atom. The molecule has 6 N–H and O–H groups in total. The third-order valence-corrected chi connectivity index (χ3v) is 11.5. The largest absolute Gasteiger partial charge is 2.00 e. The maximum Gasteiger partial charge on any atom is 2.00 e. The Hall–Kier alpha value is -4.17. The van der Waals surface area contributed by atoms with Crippen molar-refractivity contribution < 1.29 is 43.8 Å². The summed E-state index contributed by atoms with van der Waals surface area (Å²) in [6.45, 7) is 7.72. The SMILES string of the molecule is COc1[n-]c(S(=O)Cc2ncc(C)c(OC)c2C)nc1C[C@H]1C=CC=CC1.COc1[n-]c(S(=O)Cc2ncc(C)c(OC)c2C)nc1C[C@H]1C=CC=CC1.O.O.O.[Mg+2]. The molecule has 4 aromatic heterocycles. The second-order valence-corrected chi connectivity index (χ2v) is 15.7. The summed E-state index contributed by atoms with van der Waals surface area (Å²) in [6.07, 6.45) is 23.5. The number of methoxy groups -OCH3 is 4. The molecular formula is C40H54MgN6O9S2. The first kappa shape index (κ1) is 51.8. The van der Waals surface area contributed by atoms with Crippen LogP contribution in [0, 0.1) is 39.5 Å². The average Bonchev–Trinajstić information content (AvgIpc) is 3.79. The first-order valence-electron chi connectivity index (χ1n) is 17.6. The molecule has 58 heavy (non-hydrogen) atoms. The van der Waals surface area contributed by atoms with Gasteiger partial charge in [0.25, 0.3) is 0 Å². The van der Waals surface area contributed by atoms with Crippen LogP contribution in [0.3, 0.4) is 0 Å². The van der Waals surface area contributed by atoms with Gasteiger partial charge in [-0.2, -0.15) is 0 Å². The van der Waals surface area contributed by atoms with Crippen LogP contribution in [0.1, 0.15) is 57.9 Å². The van der Waals surface area contributed by atoms with E-state index >= 15 is 0 Å². The van der Waals surface area contributed by atoms with Crippen LogP contribution >= 0.6 is 0 Å². The standard InChI is InChI=1S/2C20H24N3O3S.Mg.3H2O/c2*1-13-11-21-17(14(2)18(13)25-3)12-27(24)20-22-16(19(23-20)26-4)10-15-8-6-5-7-9-15;;;;/h2*5-8,11,15H,9-10,12H2,1-4H3;;3*1H2/q2*-1;+2;;;/t2*15-,27?;;;;/m00..../s1. The number of aryl methyl sites for hydroxylation is 2. The van der Waals surface area contributed by atoms with Crippen molar-refractivity contribution in [1.29, 1.82) is 0 Å². The van der Waals surface area contributed by atoms with Crippen molar-refractivity contribution in [2.45, 2.75) is 75.2 Å². The molecule has 18 heteroatoms. The fraction of sp³-hybridized carbons (Fsp3) is 0.400. The molecule has 0 aromatic carbocycles. The van der Waals surface area contributed by atoms with Gasteiger partial charge in [0.15, 0.2) is 0 Å². The smallest absolute Gasteiger partial charge is 0.500 e. The zero-order valence-electron chi connectivity index (χ0n) is 34.3. The number of imidazole rings is 2. The Balaban J connectivity index is 0.000000543. The molecule has 0 fully saturated rings. The number of allylic oxidation sites excluding steroid dienone is 8. The van der Waals surface area contributed by atoms with Crippen molar-refractivity contribution in [3.05, 3.63) is 106 Å². The number of ether oxygens (including phenoxy) is 4. The van der Waals surface area contributed by atoms with Gasteiger partial charge in [0, 0.05) is 45.0 Å². The van der Waals surface area contributed by atoms with E-state index in [1.165, 1.54) is 0 Å². The first-order valence-corrected chi connectivity index (χ1v) is 20.3. The minimum absolute atomic E-state index is 0. The topological polar surface area (TPSA) is 245 Å². The molecule has 2 aliphatic carbocycles. The molecule has 0 bridgehead atoms. The summed E-state index contributed by atoms with van der Waals surface area (Å²) in [5.74, 6) is 3.63. The molecule has 6 rings (SSSR count). The van der Waals surface area contributed by atoms with Gasteiger partial charge in [-0.15, -0.1) is 0 Å². The predicted molar refractivity (Wildman–Crippen MR) is 226 cm³/mol. The van der Waals surface area contributed by atoms with Gasteiger partial charge in [-0.1, -0.05) is 48.6 Å². The van der Waals surface area contributed by atoms with E-state index in [0.29, 0.717) is 36.4 Å². The first-order chi connectivity index (χ1) is 26.1. The second-order valence-electron chi connectivity index (χ2n) is 13.0. The maximum atomic E-state index is 12.8. The number of hydrogen-bond donors (Lipinski definition) is 0. The van der Waals surface area contributed by atoms with Crippen LogP contribution in [-0.2, 0) is 45.9 Å². The van der Waals surface area contributed by atoms with Crippen LogP contribution in [0.2, 0.25) is 0 Å². The second kappa shape index (κ2) is 24.7. The third kappa shape index (κ3) is 12.9. The van der Waals surface area contributed by atoms with Crippen LogP contribution in [0.5, 0.6) is 23.3 Å². The summed E-state index contributed by atoms with van der Waals surface area (Å²) >= 11 is 0. The van der Waals surface area contributed by atoms with Crippen LogP contribution in [-0.4, -0.2) is 96.3 Å². The van der Waals surface area contributed by atoms with Gasteiger partial charge >= 0.3 is 23.1 Å². The van der Waals surface area contributed by atoms with Crippen LogP contribution in [0.15, 0.2) is 71.3 Å². The quantitative estimate of drug-likeness (QED) is 0.166. The van der Waals surface area contributed by atoms with E-state index in [-0.39, 0.29) is 61.3 Å². The number of hydrogen-bond acceptors (Lipinski definition) is 10. The zero-order chi connectivity index (χ0) is 38.8. The zero-order valence-corrected chi connectivity index (χ0v) is 37.4. The Morgan fingerprint density at radius 3 is 1.29 bits per heavy atom. The van der Waals surface area contributed by atoms with Gasteiger partial charge in [0.1, 0.15) is 23.3 Å². The normalized spacial score (nSPS) is 15.9. The van der Waals surface area contributed by atoms with Crippen LogP contribution < -0.4 is 28.9 Å². The van der Waals surface area contributed by atoms with E-state index < -0.39 is 21.6 Å². The number of aromatic nitrogens is 6. The summed E-state index contributed by atoms with van der Waals surface area (Å²) < 4.78 is 47.3. The molecule has 0 aliphatic heterocycles. The third-order valence-electron chi connectivity index (χ3n) is 9.23.